The van der Waals surface area contributed by atoms with Crippen LogP contribution in [0.4, 0.5) is 10.2 Å². The molecule has 0 unspecified atom stereocenters. The Morgan fingerprint density at radius 2 is 1.73 bits per heavy atom. The number of halogens is 2. The highest BCUT2D eigenvalue weighted by Gasteiger charge is 2.40. The Morgan fingerprint density at radius 3 is 2.43 bits per heavy atom. The van der Waals surface area contributed by atoms with E-state index in [0.717, 1.165) is 37.0 Å². The number of nitrogens with zero attached hydrogens (tertiary/aromatic N) is 3. The van der Waals surface area contributed by atoms with E-state index < -0.39 is 0 Å². The first-order valence-electron chi connectivity index (χ1n) is 10.5. The SMILES string of the molecule is Fc1ccc(Cl)c(-c2ccc(N[C@H]3C[C@@H]4CN(Cc5ccccc5)C[C@@H]4C3)nn2)c1. The molecular weight excluding hydrogens is 399 g/mol. The predicted octanol–water partition coefficient (Wildman–Crippen LogP) is 5.26. The molecule has 30 heavy (non-hydrogen) atoms. The van der Waals surface area contributed by atoms with Gasteiger partial charge in [-0.2, -0.15) is 0 Å². The van der Waals surface area contributed by atoms with E-state index in [1.165, 1.54) is 30.8 Å². The van der Waals surface area contributed by atoms with Crippen LogP contribution in [0.15, 0.2) is 60.7 Å². The van der Waals surface area contributed by atoms with Gasteiger partial charge in [0.2, 0.25) is 0 Å². The fourth-order valence-electron chi connectivity index (χ4n) is 4.94. The largest absolute Gasteiger partial charge is 0.366 e. The molecule has 0 spiro atoms. The van der Waals surface area contributed by atoms with Crippen LogP contribution in [0.2, 0.25) is 5.02 Å². The average Bonchev–Trinajstić information content (AvgIpc) is 3.29. The van der Waals surface area contributed by atoms with Gasteiger partial charge in [0.1, 0.15) is 11.6 Å². The maximum absolute atomic E-state index is 13.5. The van der Waals surface area contributed by atoms with Crippen LogP contribution in [0.1, 0.15) is 18.4 Å². The van der Waals surface area contributed by atoms with Crippen LogP contribution in [0.3, 0.4) is 0 Å². The van der Waals surface area contributed by atoms with E-state index >= 15 is 0 Å². The molecule has 0 radical (unpaired) electrons. The highest BCUT2D eigenvalue weighted by molar-refractivity contribution is 6.33. The number of hydrogen-bond donors (Lipinski definition) is 1. The lowest BCUT2D eigenvalue weighted by Crippen LogP contribution is -2.25. The molecule has 1 N–H and O–H groups in total. The number of benzene rings is 2. The first-order chi connectivity index (χ1) is 14.6. The summed E-state index contributed by atoms with van der Waals surface area (Å²) in [5.41, 5.74) is 2.52. The maximum Gasteiger partial charge on any atom is 0.148 e. The highest BCUT2D eigenvalue weighted by Crippen LogP contribution is 2.39. The van der Waals surface area contributed by atoms with Crippen LogP contribution >= 0.6 is 11.6 Å². The van der Waals surface area contributed by atoms with Crippen molar-refractivity contribution in [2.24, 2.45) is 11.8 Å². The van der Waals surface area contributed by atoms with Crippen LogP contribution in [-0.4, -0.2) is 34.2 Å². The van der Waals surface area contributed by atoms with Gasteiger partial charge in [0.05, 0.1) is 10.7 Å². The molecule has 2 heterocycles. The van der Waals surface area contributed by atoms with E-state index in [4.69, 9.17) is 11.6 Å². The molecule has 1 saturated heterocycles. The minimum Gasteiger partial charge on any atom is -0.366 e. The van der Waals surface area contributed by atoms with Crippen LogP contribution in [0, 0.1) is 17.7 Å². The van der Waals surface area contributed by atoms with E-state index in [1.807, 2.05) is 12.1 Å². The lowest BCUT2D eigenvalue weighted by Gasteiger charge is -2.20. The zero-order valence-corrected chi connectivity index (χ0v) is 17.4. The topological polar surface area (TPSA) is 41.0 Å². The normalized spacial score (nSPS) is 23.5. The minimum absolute atomic E-state index is 0.336. The molecule has 1 aromatic heterocycles. The molecule has 2 aliphatic rings. The molecule has 0 bridgehead atoms. The van der Waals surface area contributed by atoms with Gasteiger partial charge >= 0.3 is 0 Å². The Labute approximate surface area is 181 Å². The van der Waals surface area contributed by atoms with Gasteiger partial charge in [-0.3, -0.25) is 4.90 Å². The number of likely N-dealkylation sites (tertiary alicyclic amines) is 1. The lowest BCUT2D eigenvalue weighted by atomic mass is 10.0. The number of hydrogen-bond acceptors (Lipinski definition) is 4. The molecular formula is C24H24ClFN4. The van der Waals surface area contributed by atoms with Crippen LogP contribution in [-0.2, 0) is 6.54 Å². The first-order valence-corrected chi connectivity index (χ1v) is 10.8. The Kier molecular flexibility index (Phi) is 5.40. The van der Waals surface area contributed by atoms with Gasteiger partial charge in [0.15, 0.2) is 0 Å². The summed E-state index contributed by atoms with van der Waals surface area (Å²) >= 11 is 6.17. The molecule has 2 fully saturated rings. The summed E-state index contributed by atoms with van der Waals surface area (Å²) in [6.45, 7) is 3.38. The van der Waals surface area contributed by atoms with Gasteiger partial charge in [-0.25, -0.2) is 4.39 Å². The standard InChI is InChI=1S/C24H24ClFN4/c25-22-7-6-19(26)12-21(22)23-8-9-24(29-28-23)27-20-10-17-14-30(15-18(17)11-20)13-16-4-2-1-3-5-16/h1-9,12,17-18,20H,10-11,13-15H2,(H,27,29)/t17-,18+,20+. The Hall–Kier alpha value is -2.50. The summed E-state index contributed by atoms with van der Waals surface area (Å²) in [4.78, 5) is 2.58. The molecule has 2 aromatic carbocycles. The van der Waals surface area contributed by atoms with Crippen molar-refractivity contribution in [3.8, 4) is 11.3 Å². The third kappa shape index (κ3) is 4.18. The second kappa shape index (κ2) is 8.32. The third-order valence-electron chi connectivity index (χ3n) is 6.30. The zero-order chi connectivity index (χ0) is 20.5. The minimum atomic E-state index is -0.336. The van der Waals surface area contributed by atoms with Gasteiger partial charge in [-0.1, -0.05) is 41.9 Å². The van der Waals surface area contributed by atoms with Gasteiger partial charge in [-0.15, -0.1) is 10.2 Å². The summed E-state index contributed by atoms with van der Waals surface area (Å²) in [7, 11) is 0. The Bertz CT molecular complexity index is 997. The van der Waals surface area contributed by atoms with Crippen molar-refractivity contribution in [3.63, 3.8) is 0 Å². The molecule has 3 atom stereocenters. The zero-order valence-electron chi connectivity index (χ0n) is 16.6. The van der Waals surface area contributed by atoms with Crippen molar-refractivity contribution in [2.45, 2.75) is 25.4 Å². The van der Waals surface area contributed by atoms with E-state index in [0.29, 0.717) is 22.3 Å². The second-order valence-electron chi connectivity index (χ2n) is 8.44. The quantitative estimate of drug-likeness (QED) is 0.609. The number of rotatable bonds is 5. The van der Waals surface area contributed by atoms with Crippen LogP contribution < -0.4 is 5.32 Å². The molecule has 0 amide bonds. The molecule has 1 aliphatic heterocycles. The molecule has 4 nitrogen and oxygen atoms in total. The molecule has 6 heteroatoms. The summed E-state index contributed by atoms with van der Waals surface area (Å²) in [5.74, 6) is 1.91. The molecule has 154 valence electrons. The monoisotopic (exact) mass is 422 g/mol. The Balaban J connectivity index is 1.17. The van der Waals surface area contributed by atoms with Crippen molar-refractivity contribution < 1.29 is 4.39 Å². The summed E-state index contributed by atoms with van der Waals surface area (Å²) in [6, 6.07) is 19.1. The second-order valence-corrected chi connectivity index (χ2v) is 8.85. The van der Waals surface area contributed by atoms with Gasteiger partial charge in [-0.05, 0) is 60.6 Å². The van der Waals surface area contributed by atoms with Gasteiger partial charge in [0.25, 0.3) is 0 Å². The summed E-state index contributed by atoms with van der Waals surface area (Å²) in [6.07, 6.45) is 2.32. The van der Waals surface area contributed by atoms with Crippen molar-refractivity contribution >= 4 is 17.4 Å². The average molecular weight is 423 g/mol. The molecule has 1 aliphatic carbocycles. The fourth-order valence-corrected chi connectivity index (χ4v) is 5.16. The van der Waals surface area contributed by atoms with Gasteiger partial charge in [0, 0.05) is 31.2 Å². The predicted molar refractivity (Wildman–Crippen MR) is 118 cm³/mol. The number of fused-ring (bicyclic) bond motifs is 1. The van der Waals surface area contributed by atoms with E-state index in [-0.39, 0.29) is 5.82 Å². The van der Waals surface area contributed by atoms with Crippen molar-refractivity contribution in [1.29, 1.82) is 0 Å². The van der Waals surface area contributed by atoms with Crippen molar-refractivity contribution in [1.82, 2.24) is 15.1 Å². The lowest BCUT2D eigenvalue weighted by molar-refractivity contribution is 0.301. The van der Waals surface area contributed by atoms with E-state index in [1.54, 1.807) is 6.07 Å². The van der Waals surface area contributed by atoms with Crippen molar-refractivity contribution in [2.75, 3.05) is 18.4 Å². The number of aromatic nitrogens is 2. The molecule has 5 rings (SSSR count). The van der Waals surface area contributed by atoms with Crippen molar-refractivity contribution in [3.05, 3.63) is 77.1 Å². The summed E-state index contributed by atoms with van der Waals surface area (Å²) < 4.78 is 13.5. The summed E-state index contributed by atoms with van der Waals surface area (Å²) in [5, 5.41) is 12.6. The third-order valence-corrected chi connectivity index (χ3v) is 6.63. The number of anilines is 1. The Morgan fingerprint density at radius 1 is 0.967 bits per heavy atom. The van der Waals surface area contributed by atoms with Gasteiger partial charge < -0.3 is 5.32 Å². The molecule has 1 saturated carbocycles. The van der Waals surface area contributed by atoms with E-state index in [9.17, 15) is 4.39 Å². The van der Waals surface area contributed by atoms with Crippen LogP contribution in [0.25, 0.3) is 11.3 Å². The fraction of sp³-hybridized carbons (Fsp3) is 0.333. The van der Waals surface area contributed by atoms with E-state index in [2.05, 4.69) is 50.7 Å². The maximum atomic E-state index is 13.5. The highest BCUT2D eigenvalue weighted by atomic mass is 35.5. The first kappa shape index (κ1) is 19.5. The van der Waals surface area contributed by atoms with Crippen LogP contribution in [0.5, 0.6) is 0 Å². The number of nitrogens with one attached hydrogen (secondary N) is 1. The molecule has 3 aromatic rings. The smallest absolute Gasteiger partial charge is 0.148 e.